The molecular weight excluding hydrogens is 303 g/mol. The summed E-state index contributed by atoms with van der Waals surface area (Å²) in [5, 5.41) is 6.39. The summed E-state index contributed by atoms with van der Waals surface area (Å²) >= 11 is 0. The summed E-state index contributed by atoms with van der Waals surface area (Å²) in [5.41, 5.74) is 0. The average Bonchev–Trinajstić information content (AvgIpc) is 2.18. The summed E-state index contributed by atoms with van der Waals surface area (Å²) in [4.78, 5) is 6.69. The Bertz CT molecular complexity index is 154. The highest BCUT2D eigenvalue weighted by Gasteiger charge is 1.95. The third kappa shape index (κ3) is 10.2. The zero-order chi connectivity index (χ0) is 10.8. The van der Waals surface area contributed by atoms with Crippen LogP contribution in [-0.2, 0) is 0 Å². The fraction of sp³-hybridized carbons (Fsp3) is 0.900. The fourth-order valence-electron chi connectivity index (χ4n) is 1.000. The molecule has 15 heavy (non-hydrogen) atoms. The molecule has 0 spiro atoms. The smallest absolute Gasteiger partial charge is 0.191 e. The van der Waals surface area contributed by atoms with Crippen molar-refractivity contribution in [2.75, 3.05) is 39.8 Å². The maximum atomic E-state index is 4.44. The van der Waals surface area contributed by atoms with Crippen LogP contribution in [0.15, 0.2) is 4.99 Å². The summed E-state index contributed by atoms with van der Waals surface area (Å²) in [6.07, 6.45) is 0. The Kier molecular flexibility index (Phi) is 13.9. The predicted molar refractivity (Wildman–Crippen MR) is 78.2 cm³/mol. The molecule has 0 aromatic carbocycles. The van der Waals surface area contributed by atoms with E-state index in [1.807, 2.05) is 0 Å². The molecule has 0 atom stereocenters. The van der Waals surface area contributed by atoms with E-state index in [4.69, 9.17) is 0 Å². The fourth-order valence-corrected chi connectivity index (χ4v) is 1.000. The molecule has 0 rings (SSSR count). The van der Waals surface area contributed by atoms with Crippen LogP contribution in [0, 0.1) is 0 Å². The van der Waals surface area contributed by atoms with Crippen LogP contribution >= 0.6 is 24.0 Å². The lowest BCUT2D eigenvalue weighted by Gasteiger charge is -2.13. The first-order chi connectivity index (χ1) is 6.74. The number of hydrogen-bond acceptors (Lipinski definition) is 2. The van der Waals surface area contributed by atoms with E-state index >= 15 is 0 Å². The topological polar surface area (TPSA) is 39.7 Å². The van der Waals surface area contributed by atoms with Gasteiger partial charge in [0.15, 0.2) is 5.96 Å². The van der Waals surface area contributed by atoms with Crippen molar-refractivity contribution in [2.45, 2.75) is 20.8 Å². The Morgan fingerprint density at radius 1 is 1.13 bits per heavy atom. The van der Waals surface area contributed by atoms with Crippen LogP contribution in [0.3, 0.4) is 0 Å². The third-order valence-corrected chi connectivity index (χ3v) is 1.98. The van der Waals surface area contributed by atoms with Crippen LogP contribution in [0.25, 0.3) is 0 Å². The van der Waals surface area contributed by atoms with Crippen molar-refractivity contribution in [2.24, 2.45) is 4.99 Å². The normalized spacial score (nSPS) is 9.40. The molecule has 0 amide bonds. The average molecular weight is 328 g/mol. The lowest BCUT2D eigenvalue weighted by molar-refractivity contribution is 0.363. The van der Waals surface area contributed by atoms with Gasteiger partial charge < -0.3 is 15.5 Å². The van der Waals surface area contributed by atoms with Gasteiger partial charge in [-0.1, -0.05) is 6.92 Å². The molecule has 0 fully saturated rings. The summed E-state index contributed by atoms with van der Waals surface area (Å²) in [6.45, 7) is 11.1. The molecule has 0 aliphatic heterocycles. The van der Waals surface area contributed by atoms with Gasteiger partial charge in [-0.05, 0) is 27.4 Å². The highest BCUT2D eigenvalue weighted by molar-refractivity contribution is 14.0. The Hall–Kier alpha value is -0.0400. The maximum Gasteiger partial charge on any atom is 0.191 e. The Labute approximate surface area is 111 Å². The minimum absolute atomic E-state index is 0. The van der Waals surface area contributed by atoms with Gasteiger partial charge in [-0.25, -0.2) is 0 Å². The maximum absolute atomic E-state index is 4.44. The van der Waals surface area contributed by atoms with E-state index in [2.05, 4.69) is 48.3 Å². The van der Waals surface area contributed by atoms with Gasteiger partial charge in [0.05, 0.1) is 6.54 Å². The van der Waals surface area contributed by atoms with Gasteiger partial charge in [0.25, 0.3) is 0 Å². The number of hydrogen-bond donors (Lipinski definition) is 2. The molecule has 4 nitrogen and oxygen atoms in total. The van der Waals surface area contributed by atoms with E-state index in [9.17, 15) is 0 Å². The van der Waals surface area contributed by atoms with Gasteiger partial charge in [-0.15, -0.1) is 24.0 Å². The summed E-state index contributed by atoms with van der Waals surface area (Å²) in [7, 11) is 2.11. The van der Waals surface area contributed by atoms with Gasteiger partial charge in [-0.2, -0.15) is 0 Å². The first-order valence-corrected chi connectivity index (χ1v) is 5.45. The first kappa shape index (κ1) is 17.4. The van der Waals surface area contributed by atoms with E-state index in [1.54, 1.807) is 0 Å². The lowest BCUT2D eigenvalue weighted by atomic mass is 10.5. The number of aliphatic imine (C=N–C) groups is 1. The molecule has 0 unspecified atom stereocenters. The zero-order valence-electron chi connectivity index (χ0n) is 10.3. The predicted octanol–water partition coefficient (Wildman–Crippen LogP) is 1.13. The third-order valence-electron chi connectivity index (χ3n) is 1.98. The number of nitrogens with zero attached hydrogens (tertiary/aromatic N) is 2. The molecule has 0 saturated heterocycles. The molecule has 0 aromatic rings. The molecule has 0 aliphatic rings. The minimum atomic E-state index is 0. The Morgan fingerprint density at radius 2 is 1.67 bits per heavy atom. The Morgan fingerprint density at radius 3 is 2.07 bits per heavy atom. The van der Waals surface area contributed by atoms with E-state index < -0.39 is 0 Å². The number of guanidine groups is 1. The lowest BCUT2D eigenvalue weighted by Crippen LogP contribution is -2.37. The van der Waals surface area contributed by atoms with Crippen molar-refractivity contribution in [3.8, 4) is 0 Å². The molecule has 5 heteroatoms. The quantitative estimate of drug-likeness (QED) is 0.436. The number of nitrogens with one attached hydrogen (secondary N) is 2. The first-order valence-electron chi connectivity index (χ1n) is 5.45. The van der Waals surface area contributed by atoms with Crippen LogP contribution in [0.4, 0.5) is 0 Å². The highest BCUT2D eigenvalue weighted by atomic mass is 127. The number of rotatable bonds is 6. The molecule has 0 saturated carbocycles. The van der Waals surface area contributed by atoms with Crippen LogP contribution in [0.2, 0.25) is 0 Å². The number of halogens is 1. The van der Waals surface area contributed by atoms with Crippen molar-refractivity contribution in [1.82, 2.24) is 15.5 Å². The van der Waals surface area contributed by atoms with Crippen LogP contribution in [-0.4, -0.2) is 50.6 Å². The summed E-state index contributed by atoms with van der Waals surface area (Å²) in [5.74, 6) is 0.916. The monoisotopic (exact) mass is 328 g/mol. The van der Waals surface area contributed by atoms with Gasteiger partial charge >= 0.3 is 0 Å². The summed E-state index contributed by atoms with van der Waals surface area (Å²) < 4.78 is 0. The van der Waals surface area contributed by atoms with Gasteiger partial charge in [0.1, 0.15) is 0 Å². The Balaban J connectivity index is 0. The minimum Gasteiger partial charge on any atom is -0.357 e. The van der Waals surface area contributed by atoms with Crippen LogP contribution < -0.4 is 10.6 Å². The van der Waals surface area contributed by atoms with Gasteiger partial charge in [-0.3, -0.25) is 4.99 Å². The van der Waals surface area contributed by atoms with Crippen molar-refractivity contribution in [3.63, 3.8) is 0 Å². The molecular formula is C10H25IN4. The summed E-state index contributed by atoms with van der Waals surface area (Å²) in [6, 6.07) is 0. The zero-order valence-corrected chi connectivity index (χ0v) is 12.7. The second-order valence-corrected chi connectivity index (χ2v) is 3.19. The van der Waals surface area contributed by atoms with Crippen molar-refractivity contribution >= 4 is 29.9 Å². The highest BCUT2D eigenvalue weighted by Crippen LogP contribution is 1.81. The molecule has 0 radical (unpaired) electrons. The second-order valence-electron chi connectivity index (χ2n) is 3.19. The largest absolute Gasteiger partial charge is 0.357 e. The van der Waals surface area contributed by atoms with Gasteiger partial charge in [0.2, 0.25) is 0 Å². The van der Waals surface area contributed by atoms with Crippen molar-refractivity contribution in [1.29, 1.82) is 0 Å². The van der Waals surface area contributed by atoms with Gasteiger partial charge in [0, 0.05) is 19.6 Å². The standard InChI is InChI=1S/C10H24N4.HI/c1-5-11-10(12-6-2)13-8-9-14(4)7-3;/h5-9H2,1-4H3,(H2,11,12,13);1H. The SMILES string of the molecule is CCNC(=NCCN(C)CC)NCC.I. The molecule has 2 N–H and O–H groups in total. The number of likely N-dealkylation sites (N-methyl/N-ethyl adjacent to an activating group) is 1. The van der Waals surface area contributed by atoms with Crippen LogP contribution in [0.1, 0.15) is 20.8 Å². The molecule has 92 valence electrons. The molecule has 0 bridgehead atoms. The van der Waals surface area contributed by atoms with Crippen molar-refractivity contribution in [3.05, 3.63) is 0 Å². The van der Waals surface area contributed by atoms with Crippen molar-refractivity contribution < 1.29 is 0 Å². The van der Waals surface area contributed by atoms with E-state index in [0.717, 1.165) is 38.7 Å². The van der Waals surface area contributed by atoms with Crippen LogP contribution in [0.5, 0.6) is 0 Å². The van der Waals surface area contributed by atoms with E-state index in [0.29, 0.717) is 0 Å². The molecule has 0 heterocycles. The van der Waals surface area contributed by atoms with E-state index in [1.165, 1.54) is 0 Å². The molecule has 0 aromatic heterocycles. The second kappa shape index (κ2) is 12.0. The van der Waals surface area contributed by atoms with E-state index in [-0.39, 0.29) is 24.0 Å². The molecule has 0 aliphatic carbocycles.